The normalized spacial score (nSPS) is 34.9. The fourth-order valence-electron chi connectivity index (χ4n) is 5.14. The first-order chi connectivity index (χ1) is 10.1. The third-order valence-electron chi connectivity index (χ3n) is 6.50. The predicted molar refractivity (Wildman–Crippen MR) is 90.6 cm³/mol. The Balaban J connectivity index is 1.68. The zero-order valence-electron chi connectivity index (χ0n) is 14.6. The molecule has 0 amide bonds. The van der Waals surface area contributed by atoms with Gasteiger partial charge in [0.2, 0.25) is 0 Å². The van der Waals surface area contributed by atoms with Gasteiger partial charge in [0.05, 0.1) is 0 Å². The van der Waals surface area contributed by atoms with Crippen LogP contribution in [-0.4, -0.2) is 48.1 Å². The van der Waals surface area contributed by atoms with Gasteiger partial charge >= 0.3 is 0 Å². The third-order valence-corrected chi connectivity index (χ3v) is 6.50. The van der Waals surface area contributed by atoms with Crippen LogP contribution in [0.4, 0.5) is 0 Å². The van der Waals surface area contributed by atoms with Crippen LogP contribution in [0.1, 0.15) is 72.1 Å². The van der Waals surface area contributed by atoms with Crippen molar-refractivity contribution in [3.8, 4) is 0 Å². The molecule has 2 heterocycles. The Bertz CT molecular complexity index is 332. The molecule has 0 aromatic rings. The van der Waals surface area contributed by atoms with Crippen LogP contribution in [0.3, 0.4) is 0 Å². The number of hydrogen-bond acceptors (Lipinski definition) is 2. The van der Waals surface area contributed by atoms with Gasteiger partial charge in [0.25, 0.3) is 0 Å². The van der Waals surface area contributed by atoms with Gasteiger partial charge in [0.1, 0.15) is 0 Å². The maximum absolute atomic E-state index is 2.91. The Kier molecular flexibility index (Phi) is 4.95. The van der Waals surface area contributed by atoms with Crippen molar-refractivity contribution in [3.63, 3.8) is 0 Å². The van der Waals surface area contributed by atoms with E-state index in [0.717, 1.165) is 18.0 Å². The van der Waals surface area contributed by atoms with Gasteiger partial charge in [-0.05, 0) is 43.6 Å². The van der Waals surface area contributed by atoms with Crippen molar-refractivity contribution >= 4 is 0 Å². The lowest BCUT2D eigenvalue weighted by Crippen LogP contribution is -2.62. The van der Waals surface area contributed by atoms with Crippen LogP contribution < -0.4 is 0 Å². The van der Waals surface area contributed by atoms with Gasteiger partial charge in [-0.1, -0.05) is 46.5 Å². The smallest absolute Gasteiger partial charge is 0.0247 e. The molecule has 0 spiro atoms. The van der Waals surface area contributed by atoms with Crippen LogP contribution in [-0.2, 0) is 0 Å². The topological polar surface area (TPSA) is 6.48 Å². The van der Waals surface area contributed by atoms with E-state index in [-0.39, 0.29) is 0 Å². The van der Waals surface area contributed by atoms with Crippen LogP contribution in [0, 0.1) is 11.3 Å². The van der Waals surface area contributed by atoms with Gasteiger partial charge in [0, 0.05) is 31.7 Å². The highest BCUT2D eigenvalue weighted by Crippen LogP contribution is 2.38. The molecule has 3 aliphatic rings. The summed E-state index contributed by atoms with van der Waals surface area (Å²) in [6.07, 6.45) is 11.7. The summed E-state index contributed by atoms with van der Waals surface area (Å²) >= 11 is 0. The Labute approximate surface area is 132 Å². The first kappa shape index (κ1) is 15.8. The molecule has 0 aromatic heterocycles. The second kappa shape index (κ2) is 6.58. The molecule has 0 radical (unpaired) electrons. The molecule has 1 saturated carbocycles. The van der Waals surface area contributed by atoms with Gasteiger partial charge in [-0.25, -0.2) is 0 Å². The highest BCUT2D eigenvalue weighted by Gasteiger charge is 2.39. The molecule has 2 nitrogen and oxygen atoms in total. The molecule has 21 heavy (non-hydrogen) atoms. The van der Waals surface area contributed by atoms with E-state index in [9.17, 15) is 0 Å². The second-order valence-electron chi connectivity index (χ2n) is 8.76. The number of hydrogen-bond donors (Lipinski definition) is 0. The van der Waals surface area contributed by atoms with Gasteiger partial charge in [-0.2, -0.15) is 0 Å². The minimum Gasteiger partial charge on any atom is -0.298 e. The second-order valence-corrected chi connectivity index (χ2v) is 8.76. The predicted octanol–water partition coefficient (Wildman–Crippen LogP) is 4.15. The van der Waals surface area contributed by atoms with E-state index in [1.54, 1.807) is 0 Å². The molecule has 3 fully saturated rings. The van der Waals surface area contributed by atoms with Crippen LogP contribution in [0.15, 0.2) is 0 Å². The van der Waals surface area contributed by atoms with E-state index >= 15 is 0 Å². The van der Waals surface area contributed by atoms with Crippen LogP contribution in [0.2, 0.25) is 0 Å². The van der Waals surface area contributed by atoms with Crippen molar-refractivity contribution < 1.29 is 0 Å². The summed E-state index contributed by atoms with van der Waals surface area (Å²) in [6.45, 7) is 12.8. The number of rotatable bonds is 3. The Hall–Kier alpha value is -0.0800. The van der Waals surface area contributed by atoms with Crippen LogP contribution >= 0.6 is 0 Å². The van der Waals surface area contributed by atoms with Gasteiger partial charge < -0.3 is 0 Å². The number of piperazine rings is 1. The Morgan fingerprint density at radius 3 is 2.48 bits per heavy atom. The maximum Gasteiger partial charge on any atom is 0.0247 e. The quantitative estimate of drug-likeness (QED) is 0.771. The fraction of sp³-hybridized carbons (Fsp3) is 1.00. The highest BCUT2D eigenvalue weighted by molar-refractivity contribution is 4.94. The summed E-state index contributed by atoms with van der Waals surface area (Å²) in [6, 6.07) is 1.65. The maximum atomic E-state index is 2.91. The van der Waals surface area contributed by atoms with Crippen LogP contribution in [0.5, 0.6) is 0 Å². The number of piperidine rings is 1. The summed E-state index contributed by atoms with van der Waals surface area (Å²) < 4.78 is 0. The lowest BCUT2D eigenvalue weighted by atomic mass is 9.74. The lowest BCUT2D eigenvalue weighted by molar-refractivity contribution is -0.0312. The van der Waals surface area contributed by atoms with Crippen molar-refractivity contribution in [3.05, 3.63) is 0 Å². The summed E-state index contributed by atoms with van der Waals surface area (Å²) in [4.78, 5) is 5.72. The Morgan fingerprint density at radius 1 is 1.00 bits per heavy atom. The van der Waals surface area contributed by atoms with E-state index in [1.807, 2.05) is 0 Å². The SMILES string of the molecule is CC(C)C1CN2CCCCC2CN1CC1(C)CCCCC1. The van der Waals surface area contributed by atoms with E-state index in [4.69, 9.17) is 0 Å². The summed E-state index contributed by atoms with van der Waals surface area (Å²) in [5.74, 6) is 0.792. The number of fused-ring (bicyclic) bond motifs is 1. The highest BCUT2D eigenvalue weighted by atomic mass is 15.3. The average Bonchev–Trinajstić information content (AvgIpc) is 2.46. The fourth-order valence-corrected chi connectivity index (χ4v) is 5.14. The largest absolute Gasteiger partial charge is 0.298 e. The molecular weight excluding hydrogens is 256 g/mol. The van der Waals surface area contributed by atoms with Crippen LogP contribution in [0.25, 0.3) is 0 Å². The van der Waals surface area contributed by atoms with E-state index in [2.05, 4.69) is 30.6 Å². The van der Waals surface area contributed by atoms with Crippen molar-refractivity contribution in [2.45, 2.75) is 84.2 Å². The molecule has 122 valence electrons. The summed E-state index contributed by atoms with van der Waals surface area (Å²) in [5.41, 5.74) is 0.599. The molecule has 2 atom stereocenters. The molecule has 0 bridgehead atoms. The molecule has 2 heteroatoms. The van der Waals surface area contributed by atoms with Gasteiger partial charge in [-0.3, -0.25) is 9.80 Å². The van der Waals surface area contributed by atoms with E-state index in [1.165, 1.54) is 77.5 Å². The molecule has 2 saturated heterocycles. The molecule has 2 unspecified atom stereocenters. The van der Waals surface area contributed by atoms with Crippen molar-refractivity contribution in [2.75, 3.05) is 26.2 Å². The molecule has 2 aliphatic heterocycles. The Morgan fingerprint density at radius 2 is 1.76 bits per heavy atom. The van der Waals surface area contributed by atoms with E-state index < -0.39 is 0 Å². The van der Waals surface area contributed by atoms with Crippen molar-refractivity contribution in [2.24, 2.45) is 11.3 Å². The zero-order valence-corrected chi connectivity index (χ0v) is 14.6. The average molecular weight is 293 g/mol. The molecular formula is C19H36N2. The van der Waals surface area contributed by atoms with Gasteiger partial charge in [-0.15, -0.1) is 0 Å². The minimum absolute atomic E-state index is 0.599. The third kappa shape index (κ3) is 3.64. The molecule has 1 aliphatic carbocycles. The standard InChI is InChI=1S/C19H36N2/c1-16(2)18-14-20-12-8-5-9-17(20)13-21(18)15-19(3)10-6-4-7-11-19/h16-18H,4-15H2,1-3H3. The van der Waals surface area contributed by atoms with E-state index in [0.29, 0.717) is 5.41 Å². The molecule has 0 N–H and O–H groups in total. The zero-order chi connectivity index (χ0) is 14.9. The number of nitrogens with zero attached hydrogens (tertiary/aromatic N) is 2. The van der Waals surface area contributed by atoms with Crippen molar-refractivity contribution in [1.29, 1.82) is 0 Å². The summed E-state index contributed by atoms with van der Waals surface area (Å²) in [7, 11) is 0. The molecule has 0 aromatic carbocycles. The first-order valence-corrected chi connectivity index (χ1v) is 9.55. The lowest BCUT2D eigenvalue weighted by Gasteiger charge is -2.52. The van der Waals surface area contributed by atoms with Gasteiger partial charge in [0.15, 0.2) is 0 Å². The monoisotopic (exact) mass is 292 g/mol. The van der Waals surface area contributed by atoms with Crippen molar-refractivity contribution in [1.82, 2.24) is 9.80 Å². The molecule has 3 rings (SSSR count). The summed E-state index contributed by atoms with van der Waals surface area (Å²) in [5, 5.41) is 0. The first-order valence-electron chi connectivity index (χ1n) is 9.55. The minimum atomic E-state index is 0.599.